The van der Waals surface area contributed by atoms with Gasteiger partial charge in [0.2, 0.25) is 10.0 Å². The van der Waals surface area contributed by atoms with E-state index in [0.29, 0.717) is 24.0 Å². The zero-order valence-corrected chi connectivity index (χ0v) is 16.7. The van der Waals surface area contributed by atoms with Crippen LogP contribution in [0.3, 0.4) is 0 Å². The average Bonchev–Trinajstić information content (AvgIpc) is 3.19. The Morgan fingerprint density at radius 1 is 0.889 bits per heavy atom. The highest BCUT2D eigenvalue weighted by Crippen LogP contribution is 2.26. The van der Waals surface area contributed by atoms with Crippen LogP contribution in [-0.4, -0.2) is 36.8 Å². The van der Waals surface area contributed by atoms with Crippen LogP contribution < -0.4 is 5.32 Å². The third-order valence-corrected chi connectivity index (χ3v) is 7.72. The molecule has 146 valence electrons. The van der Waals surface area contributed by atoms with Crippen LogP contribution in [0.25, 0.3) is 10.9 Å². The molecule has 2 fully saturated rings. The number of rotatable bonds is 4. The molecule has 2 heterocycles. The van der Waals surface area contributed by atoms with Gasteiger partial charge in [0.05, 0.1) is 10.4 Å². The third kappa shape index (κ3) is 4.27. The molecule has 1 saturated heterocycles. The van der Waals surface area contributed by atoms with Gasteiger partial charge in [-0.1, -0.05) is 32.1 Å². The largest absolute Gasteiger partial charge is 0.367 e. The molecule has 2 aliphatic rings. The smallest absolute Gasteiger partial charge is 0.243 e. The summed E-state index contributed by atoms with van der Waals surface area (Å²) in [6.07, 6.45) is 10.9. The monoisotopic (exact) mass is 387 g/mol. The lowest BCUT2D eigenvalue weighted by Gasteiger charge is -2.21. The first-order valence-electron chi connectivity index (χ1n) is 10.3. The number of hydrogen-bond acceptors (Lipinski definition) is 4. The van der Waals surface area contributed by atoms with Gasteiger partial charge in [0, 0.05) is 24.5 Å². The number of sulfonamides is 1. The van der Waals surface area contributed by atoms with E-state index in [2.05, 4.69) is 5.32 Å². The standard InChI is InChI=1S/C21H29N3O2S/c25-27(26,24-14-6-7-15-24)19-11-12-20-17(16-19)10-13-21(23-20)22-18-8-4-2-1-3-5-9-18/h10-13,16,18H,1-9,14-15H2,(H,22,23). The maximum absolute atomic E-state index is 12.8. The first-order chi connectivity index (χ1) is 13.1. The van der Waals surface area contributed by atoms with Gasteiger partial charge in [-0.3, -0.25) is 0 Å². The summed E-state index contributed by atoms with van der Waals surface area (Å²) < 4.78 is 27.1. The average molecular weight is 388 g/mol. The molecule has 6 heteroatoms. The molecule has 1 aliphatic carbocycles. The number of fused-ring (bicyclic) bond motifs is 1. The molecule has 0 radical (unpaired) electrons. The summed E-state index contributed by atoms with van der Waals surface area (Å²) in [6.45, 7) is 1.26. The molecule has 27 heavy (non-hydrogen) atoms. The number of aromatic nitrogens is 1. The van der Waals surface area contributed by atoms with Crippen molar-refractivity contribution in [3.8, 4) is 0 Å². The summed E-state index contributed by atoms with van der Waals surface area (Å²) in [7, 11) is -3.38. The SMILES string of the molecule is O=S(=O)(c1ccc2nc(NC3CCCCCCC3)ccc2c1)N1CCCC1. The van der Waals surface area contributed by atoms with Crippen molar-refractivity contribution in [2.45, 2.75) is 68.7 Å². The molecule has 1 N–H and O–H groups in total. The molecule has 1 saturated carbocycles. The molecular formula is C21H29N3O2S. The van der Waals surface area contributed by atoms with Crippen LogP contribution in [0.5, 0.6) is 0 Å². The van der Waals surface area contributed by atoms with Gasteiger partial charge in [-0.25, -0.2) is 13.4 Å². The lowest BCUT2D eigenvalue weighted by atomic mass is 9.97. The van der Waals surface area contributed by atoms with Gasteiger partial charge in [0.25, 0.3) is 0 Å². The van der Waals surface area contributed by atoms with Crippen LogP contribution in [0.2, 0.25) is 0 Å². The highest BCUT2D eigenvalue weighted by Gasteiger charge is 2.27. The molecule has 5 nitrogen and oxygen atoms in total. The van der Waals surface area contributed by atoms with Gasteiger partial charge in [0.1, 0.15) is 5.82 Å². The van der Waals surface area contributed by atoms with E-state index in [4.69, 9.17) is 4.98 Å². The Kier molecular flexibility index (Phi) is 5.64. The maximum Gasteiger partial charge on any atom is 0.243 e. The summed E-state index contributed by atoms with van der Waals surface area (Å²) in [5, 5.41) is 4.47. The number of hydrogen-bond donors (Lipinski definition) is 1. The quantitative estimate of drug-likeness (QED) is 0.836. The van der Waals surface area contributed by atoms with E-state index in [1.807, 2.05) is 18.2 Å². The summed E-state index contributed by atoms with van der Waals surface area (Å²) in [6, 6.07) is 9.74. The summed E-state index contributed by atoms with van der Waals surface area (Å²) in [4.78, 5) is 5.10. The van der Waals surface area contributed by atoms with Gasteiger partial charge in [-0.15, -0.1) is 0 Å². The molecule has 0 atom stereocenters. The third-order valence-electron chi connectivity index (χ3n) is 5.82. The Hall–Kier alpha value is -1.66. The van der Waals surface area contributed by atoms with Crippen molar-refractivity contribution in [1.82, 2.24) is 9.29 Å². The lowest BCUT2D eigenvalue weighted by Crippen LogP contribution is -2.27. The molecule has 1 aromatic heterocycles. The number of benzene rings is 1. The number of nitrogens with zero attached hydrogens (tertiary/aromatic N) is 2. The Morgan fingerprint density at radius 3 is 2.33 bits per heavy atom. The van der Waals surface area contributed by atoms with Crippen molar-refractivity contribution in [3.63, 3.8) is 0 Å². The van der Waals surface area contributed by atoms with E-state index < -0.39 is 10.0 Å². The van der Waals surface area contributed by atoms with Crippen molar-refractivity contribution in [3.05, 3.63) is 30.3 Å². The van der Waals surface area contributed by atoms with Gasteiger partial charge >= 0.3 is 0 Å². The number of pyridine rings is 1. The van der Waals surface area contributed by atoms with E-state index in [1.165, 1.54) is 44.9 Å². The number of nitrogens with one attached hydrogen (secondary N) is 1. The van der Waals surface area contributed by atoms with E-state index in [0.717, 1.165) is 29.6 Å². The summed E-state index contributed by atoms with van der Waals surface area (Å²) in [5.41, 5.74) is 0.839. The Balaban J connectivity index is 1.53. The van der Waals surface area contributed by atoms with Crippen LogP contribution >= 0.6 is 0 Å². The lowest BCUT2D eigenvalue weighted by molar-refractivity contribution is 0.471. The van der Waals surface area contributed by atoms with Gasteiger partial charge in [-0.05, 0) is 56.0 Å². The van der Waals surface area contributed by atoms with Gasteiger partial charge < -0.3 is 5.32 Å². The first kappa shape index (κ1) is 18.7. The van der Waals surface area contributed by atoms with E-state index in [1.54, 1.807) is 16.4 Å². The van der Waals surface area contributed by atoms with Gasteiger partial charge in [0.15, 0.2) is 0 Å². The minimum absolute atomic E-state index is 0.374. The van der Waals surface area contributed by atoms with E-state index in [9.17, 15) is 8.42 Å². The maximum atomic E-state index is 12.8. The van der Waals surface area contributed by atoms with Crippen molar-refractivity contribution in [1.29, 1.82) is 0 Å². The van der Waals surface area contributed by atoms with Crippen molar-refractivity contribution < 1.29 is 8.42 Å². The van der Waals surface area contributed by atoms with E-state index in [-0.39, 0.29) is 0 Å². The summed E-state index contributed by atoms with van der Waals surface area (Å²) in [5.74, 6) is 0.892. The van der Waals surface area contributed by atoms with Crippen LogP contribution in [0.1, 0.15) is 57.8 Å². The molecular weight excluding hydrogens is 358 g/mol. The fourth-order valence-corrected chi connectivity index (χ4v) is 5.78. The Labute approximate surface area is 162 Å². The predicted molar refractivity (Wildman–Crippen MR) is 109 cm³/mol. The molecule has 1 aromatic carbocycles. The first-order valence-corrected chi connectivity index (χ1v) is 11.7. The fourth-order valence-electron chi connectivity index (χ4n) is 4.23. The zero-order chi connectivity index (χ0) is 18.7. The van der Waals surface area contributed by atoms with Crippen LogP contribution in [-0.2, 0) is 10.0 Å². The highest BCUT2D eigenvalue weighted by atomic mass is 32.2. The fraction of sp³-hybridized carbons (Fsp3) is 0.571. The predicted octanol–water partition coefficient (Wildman–Crippen LogP) is 4.54. The molecule has 0 amide bonds. The minimum Gasteiger partial charge on any atom is -0.367 e. The van der Waals surface area contributed by atoms with Crippen molar-refractivity contribution >= 4 is 26.7 Å². The number of anilines is 1. The topological polar surface area (TPSA) is 62.3 Å². The molecule has 1 aliphatic heterocycles. The Morgan fingerprint density at radius 2 is 1.59 bits per heavy atom. The van der Waals surface area contributed by atoms with Crippen molar-refractivity contribution in [2.75, 3.05) is 18.4 Å². The van der Waals surface area contributed by atoms with Crippen molar-refractivity contribution in [2.24, 2.45) is 0 Å². The second-order valence-corrected chi connectivity index (χ2v) is 9.79. The second-order valence-electron chi connectivity index (χ2n) is 7.85. The zero-order valence-electron chi connectivity index (χ0n) is 15.9. The normalized spacial score (nSPS) is 20.4. The van der Waals surface area contributed by atoms with Crippen LogP contribution in [0, 0.1) is 0 Å². The molecule has 0 unspecified atom stereocenters. The molecule has 0 bridgehead atoms. The molecule has 2 aromatic rings. The highest BCUT2D eigenvalue weighted by molar-refractivity contribution is 7.89. The second kappa shape index (κ2) is 8.15. The van der Waals surface area contributed by atoms with E-state index >= 15 is 0 Å². The minimum atomic E-state index is -3.38. The van der Waals surface area contributed by atoms with Crippen LogP contribution in [0.15, 0.2) is 35.2 Å². The molecule has 0 spiro atoms. The Bertz CT molecular complexity index is 883. The summed E-state index contributed by atoms with van der Waals surface area (Å²) >= 11 is 0. The van der Waals surface area contributed by atoms with Crippen LogP contribution in [0.4, 0.5) is 5.82 Å². The molecule has 4 rings (SSSR count). The van der Waals surface area contributed by atoms with Gasteiger partial charge in [-0.2, -0.15) is 4.31 Å².